The Morgan fingerprint density at radius 2 is 0.884 bits per heavy atom. The molecule has 0 bridgehead atoms. The zero-order chi connectivity index (χ0) is 81.4. The van der Waals surface area contributed by atoms with Crippen LogP contribution >= 0.6 is 0 Å². The summed E-state index contributed by atoms with van der Waals surface area (Å²) in [5, 5.41) is 232. The number of ether oxygens (including phenoxy) is 16. The van der Waals surface area contributed by atoms with Crippen LogP contribution in [0.2, 0.25) is 0 Å². The number of carbonyl (C=O) groups excluding carboxylic acids is 1. The zero-order valence-electron chi connectivity index (χ0n) is 64.1. The van der Waals surface area contributed by atoms with E-state index in [0.29, 0.717) is 38.5 Å². The van der Waals surface area contributed by atoms with Crippen LogP contribution in [0.25, 0.3) is 0 Å². The lowest BCUT2D eigenvalue weighted by Gasteiger charge is -2.71. The van der Waals surface area contributed by atoms with Gasteiger partial charge in [0.2, 0.25) is 6.29 Å². The van der Waals surface area contributed by atoms with E-state index < -0.39 is 313 Å². The molecule has 8 heterocycles. The van der Waals surface area contributed by atoms with Gasteiger partial charge in [-0.15, -0.1) is 0 Å². The highest BCUT2D eigenvalue weighted by Crippen LogP contribution is 2.75. The van der Waals surface area contributed by atoms with E-state index in [-0.39, 0.29) is 36.0 Å². The lowest BCUT2D eigenvalue weighted by molar-refractivity contribution is -0.381. The van der Waals surface area contributed by atoms with Crippen molar-refractivity contribution in [1.82, 2.24) is 0 Å². The maximum atomic E-state index is 15.6. The molecule has 112 heavy (non-hydrogen) atoms. The number of carbonyl (C=O) groups is 1. The van der Waals surface area contributed by atoms with Crippen LogP contribution in [-0.4, -0.2) is 386 Å². The van der Waals surface area contributed by atoms with E-state index in [0.717, 1.165) is 5.57 Å². The summed E-state index contributed by atoms with van der Waals surface area (Å²) in [6, 6.07) is 0. The fourth-order valence-electron chi connectivity index (χ4n) is 21.3. The molecule has 0 aromatic rings. The summed E-state index contributed by atoms with van der Waals surface area (Å²) in [5.74, 6) is -3.03. The van der Waals surface area contributed by atoms with Crippen molar-refractivity contribution in [2.24, 2.45) is 56.7 Å². The van der Waals surface area contributed by atoms with Gasteiger partial charge in [0.1, 0.15) is 153 Å². The van der Waals surface area contributed by atoms with Crippen LogP contribution in [0.5, 0.6) is 0 Å². The Bertz CT molecular complexity index is 3200. The first-order valence-corrected chi connectivity index (χ1v) is 39.3. The molecule has 21 N–H and O–H groups in total. The Balaban J connectivity index is 0.696. The van der Waals surface area contributed by atoms with Gasteiger partial charge in [-0.1, -0.05) is 60.1 Å². The molecule has 13 aliphatic rings. The summed E-state index contributed by atoms with van der Waals surface area (Å²) in [4.78, 5) is 15.6. The van der Waals surface area contributed by atoms with E-state index >= 15 is 4.79 Å². The van der Waals surface area contributed by atoms with Crippen LogP contribution in [0.1, 0.15) is 114 Å². The van der Waals surface area contributed by atoms with Crippen LogP contribution in [0.15, 0.2) is 11.6 Å². The molecule has 46 atom stereocenters. The molecule has 0 aromatic heterocycles. The van der Waals surface area contributed by atoms with Gasteiger partial charge in [0.15, 0.2) is 50.1 Å². The third kappa shape index (κ3) is 16.0. The molecule has 0 aromatic carbocycles. The van der Waals surface area contributed by atoms with Crippen LogP contribution in [0.3, 0.4) is 0 Å². The largest absolute Gasteiger partial charge is 0.432 e. The lowest BCUT2D eigenvalue weighted by Crippen LogP contribution is -2.67. The summed E-state index contributed by atoms with van der Waals surface area (Å²) >= 11 is 0. The van der Waals surface area contributed by atoms with Crippen molar-refractivity contribution in [3.63, 3.8) is 0 Å². The van der Waals surface area contributed by atoms with Crippen molar-refractivity contribution in [2.45, 2.75) is 347 Å². The minimum absolute atomic E-state index is 0.00259. The molecule has 5 unspecified atom stereocenters. The van der Waals surface area contributed by atoms with Gasteiger partial charge >= 0.3 is 5.97 Å². The van der Waals surface area contributed by atoms with Gasteiger partial charge in [0.05, 0.1) is 70.0 Å². The predicted octanol–water partition coefficient (Wildman–Crippen LogP) is -7.30. The average Bonchev–Trinajstić information content (AvgIpc) is 0.675. The number of hydrogen-bond acceptors (Lipinski definition) is 38. The number of aliphatic hydroxyl groups excluding tert-OH is 21. The molecule has 0 radical (unpaired) electrons. The molecule has 13 rings (SSSR count). The lowest BCUT2D eigenvalue weighted by atomic mass is 9.34. The summed E-state index contributed by atoms with van der Waals surface area (Å²) in [7, 11) is 0. The van der Waals surface area contributed by atoms with E-state index in [9.17, 15) is 107 Å². The van der Waals surface area contributed by atoms with E-state index in [1.54, 1.807) is 0 Å². The van der Waals surface area contributed by atoms with E-state index in [1.165, 1.54) is 13.8 Å². The average molecular weight is 1620 g/mol. The first-order valence-electron chi connectivity index (χ1n) is 39.3. The van der Waals surface area contributed by atoms with Gasteiger partial charge in [0, 0.05) is 5.92 Å². The monoisotopic (exact) mass is 1620 g/mol. The van der Waals surface area contributed by atoms with Gasteiger partial charge in [-0.2, -0.15) is 0 Å². The van der Waals surface area contributed by atoms with Crippen molar-refractivity contribution in [3.05, 3.63) is 11.6 Å². The molecule has 38 heteroatoms. The van der Waals surface area contributed by atoms with Gasteiger partial charge < -0.3 is 183 Å². The summed E-state index contributed by atoms with van der Waals surface area (Å²) < 4.78 is 94.7. The third-order valence-corrected chi connectivity index (χ3v) is 27.9. The van der Waals surface area contributed by atoms with Gasteiger partial charge in [-0.3, -0.25) is 4.79 Å². The number of allylic oxidation sites excluding steroid dienone is 2. The second-order valence-electron chi connectivity index (χ2n) is 35.9. The highest BCUT2D eigenvalue weighted by atomic mass is 16.8. The quantitative estimate of drug-likeness (QED) is 0.0344. The predicted molar refractivity (Wildman–Crippen MR) is 368 cm³/mol. The van der Waals surface area contributed by atoms with Crippen molar-refractivity contribution in [2.75, 3.05) is 39.6 Å². The summed E-state index contributed by atoms with van der Waals surface area (Å²) in [6.45, 7) is 14.8. The Morgan fingerprint density at radius 3 is 1.52 bits per heavy atom. The van der Waals surface area contributed by atoms with Crippen LogP contribution < -0.4 is 0 Å². The van der Waals surface area contributed by atoms with Crippen molar-refractivity contribution in [1.29, 1.82) is 0 Å². The number of fused-ring (bicyclic) bond motifs is 7. The van der Waals surface area contributed by atoms with E-state index in [2.05, 4.69) is 40.7 Å². The zero-order valence-corrected chi connectivity index (χ0v) is 64.1. The maximum absolute atomic E-state index is 15.6. The van der Waals surface area contributed by atoms with Crippen LogP contribution in [0.4, 0.5) is 0 Å². The van der Waals surface area contributed by atoms with Crippen LogP contribution in [0, 0.1) is 56.7 Å². The van der Waals surface area contributed by atoms with E-state index in [1.807, 2.05) is 13.8 Å². The standard InChI is InChI=1S/C74H120O38/c1-25-41(80)47(86)53(92)62(103-25)101-23-36-46(85)49(88)60(111-66-55(94)50(89)57(26(2)104-66)108-65-56(95)58(34(79)22-99-65)109-63-51(90)42(81)31(76)19-97-63)69(106-36)112-61(96)28-17-70(3,4)16-27-29-10-11-38-72(7)14-13-39(71(5,6)37(72)12-15-73(38,8)74(29,9)18-30(75)40(27)28)107-67-54(93)48(87)45(84)35(105-67)24-102-68-59(44(83)33(78)21-100-68)110-64-52(91)43(82)32(77)20-98-64/h10,25-28,30-60,62-69,75-95H,11-24H2,1-9H3/t25-,26-,27?,28+,30?,31-,32-,33-,34-,35+,36+,37?,38?,39-,40?,41-,42-,43-,44-,45+,46+,47+,48-,49-,50-,51+,52+,53+,54+,55+,56+,57-,58-,59+,60+,62+,63-,64-,65-,66-,67-,68-,69-,72-,73+,74+/m0/s1. The molecule has 8 aliphatic heterocycles. The third-order valence-electron chi connectivity index (χ3n) is 27.9. The van der Waals surface area contributed by atoms with Gasteiger partial charge in [-0.25, -0.2) is 0 Å². The molecule has 0 amide bonds. The Kier molecular flexibility index (Phi) is 26.3. The fraction of sp³-hybridized carbons (Fsp3) is 0.959. The molecule has 644 valence electrons. The Morgan fingerprint density at radius 1 is 0.411 bits per heavy atom. The molecule has 38 nitrogen and oxygen atoms in total. The second-order valence-corrected chi connectivity index (χ2v) is 35.9. The highest BCUT2D eigenvalue weighted by Gasteiger charge is 2.70. The van der Waals surface area contributed by atoms with Crippen molar-refractivity contribution < 1.29 is 188 Å². The van der Waals surface area contributed by atoms with Gasteiger partial charge in [-0.05, 0) is 110 Å². The Hall–Kier alpha value is -2.23. The topological polar surface area (TPSA) is 590 Å². The molecule has 12 fully saturated rings. The normalized spacial score (nSPS) is 55.1. The minimum atomic E-state index is -2.10. The second kappa shape index (κ2) is 33.6. The molecule has 0 spiro atoms. The van der Waals surface area contributed by atoms with Crippen molar-refractivity contribution in [3.8, 4) is 0 Å². The number of aliphatic hydroxyl groups is 21. The van der Waals surface area contributed by atoms with Crippen molar-refractivity contribution >= 4 is 5.97 Å². The molecule has 5 aliphatic carbocycles. The fourth-order valence-corrected chi connectivity index (χ4v) is 21.3. The van der Waals surface area contributed by atoms with Gasteiger partial charge in [0.25, 0.3) is 0 Å². The summed E-state index contributed by atoms with van der Waals surface area (Å²) in [5.41, 5.74) is -1.52. The number of rotatable bonds is 18. The molecular formula is C74H120O38. The number of hydrogen-bond donors (Lipinski definition) is 21. The molecule has 4 saturated carbocycles. The SMILES string of the molecule is C[C@@H]1O[C@@H](OC[C@H]2O[C@@H](OC(=O)[C@@H]3CC(C)(C)CC4C5=CCC6[C@@]7(C)CC[C@H](O[C@@H]8O[C@H](CO[C@@H]9OC[C@H](O)[C@H](O)[C@H]9O[C@@H]9OC[C@H](O)[C@H](O)[C@H]9O)[C@@H](O)[C@H](O)[C@H]8O)C(C)(C)C7CC[C@@]6(C)[C@]5(C)CC(O)C43)[C@H](O[C@@H]3O[C@@H](C)[C@H](O[C@@H]4OC[C@H](O)[C@H](O[C@@H]5OC[C@H](O)[C@H](O)[C@H]5O)[C@H]4O)[C@@H](O)[C@H]3O)[C@@H](O)[C@@H]2O)[C@H](O)[C@H](O)[C@H]1O. The first kappa shape index (κ1) is 87.6. The van der Waals surface area contributed by atoms with Crippen LogP contribution in [-0.2, 0) is 80.6 Å². The van der Waals surface area contributed by atoms with E-state index in [4.69, 9.17) is 75.8 Å². The maximum Gasteiger partial charge on any atom is 0.311 e. The Labute approximate surface area is 646 Å². The highest BCUT2D eigenvalue weighted by molar-refractivity contribution is 5.74. The molecule has 8 saturated heterocycles. The smallest absolute Gasteiger partial charge is 0.311 e. The molecular weight excluding hydrogens is 1500 g/mol. The first-order chi connectivity index (χ1) is 52.5. The summed E-state index contributed by atoms with van der Waals surface area (Å²) in [6.07, 6.45) is -55.5. The minimum Gasteiger partial charge on any atom is -0.432 e. The number of esters is 1.